The Morgan fingerprint density at radius 1 is 1.09 bits per heavy atom. The first kappa shape index (κ1) is 16.9. The first-order valence-corrected chi connectivity index (χ1v) is 9.51. The SMILES string of the molecule is O=S(=O)(c1ccccc1)N1C[C@@H](CO)[C@@H](CN2CCOCC2)C1. The lowest BCUT2D eigenvalue weighted by Crippen LogP contribution is -2.41. The van der Waals surface area contributed by atoms with Crippen molar-refractivity contribution in [1.29, 1.82) is 0 Å². The van der Waals surface area contributed by atoms with Crippen LogP contribution in [0.3, 0.4) is 0 Å². The molecule has 0 radical (unpaired) electrons. The molecule has 1 aromatic rings. The lowest BCUT2D eigenvalue weighted by molar-refractivity contribution is 0.0266. The number of ether oxygens (including phenoxy) is 1. The average Bonchev–Trinajstić information content (AvgIpc) is 3.00. The molecular formula is C16H24N2O4S. The van der Waals surface area contributed by atoms with Crippen molar-refractivity contribution < 1.29 is 18.3 Å². The second kappa shape index (κ2) is 7.27. The predicted octanol–water partition coefficient (Wildman–Crippen LogP) is 0.248. The van der Waals surface area contributed by atoms with Gasteiger partial charge in [0, 0.05) is 45.2 Å². The molecule has 0 aromatic heterocycles. The van der Waals surface area contributed by atoms with Crippen LogP contribution in [0, 0.1) is 11.8 Å². The van der Waals surface area contributed by atoms with Crippen LogP contribution in [-0.4, -0.2) is 75.3 Å². The maximum Gasteiger partial charge on any atom is 0.243 e. The van der Waals surface area contributed by atoms with Gasteiger partial charge >= 0.3 is 0 Å². The fourth-order valence-corrected chi connectivity index (χ4v) is 4.94. The molecule has 6 nitrogen and oxygen atoms in total. The smallest absolute Gasteiger partial charge is 0.243 e. The molecule has 2 atom stereocenters. The molecule has 2 aliphatic rings. The summed E-state index contributed by atoms with van der Waals surface area (Å²) in [5.41, 5.74) is 0. The van der Waals surface area contributed by atoms with E-state index in [1.807, 2.05) is 0 Å². The van der Waals surface area contributed by atoms with Crippen LogP contribution in [0.4, 0.5) is 0 Å². The molecule has 0 amide bonds. The zero-order valence-electron chi connectivity index (χ0n) is 13.2. The third-order valence-electron chi connectivity index (χ3n) is 4.75. The van der Waals surface area contributed by atoms with E-state index in [-0.39, 0.29) is 18.4 Å². The fourth-order valence-electron chi connectivity index (χ4n) is 3.36. The topological polar surface area (TPSA) is 70.1 Å². The Kier molecular flexibility index (Phi) is 5.33. The Morgan fingerprint density at radius 2 is 1.74 bits per heavy atom. The summed E-state index contributed by atoms with van der Waals surface area (Å²) in [5.74, 6) is 0.160. The molecule has 7 heteroatoms. The van der Waals surface area contributed by atoms with Gasteiger partial charge in [-0.15, -0.1) is 0 Å². The average molecular weight is 340 g/mol. The summed E-state index contributed by atoms with van der Waals surface area (Å²) >= 11 is 0. The van der Waals surface area contributed by atoms with Gasteiger partial charge in [0.25, 0.3) is 0 Å². The number of sulfonamides is 1. The zero-order chi connectivity index (χ0) is 16.3. The highest BCUT2D eigenvalue weighted by atomic mass is 32.2. The van der Waals surface area contributed by atoms with E-state index in [0.29, 0.717) is 18.0 Å². The van der Waals surface area contributed by atoms with Crippen molar-refractivity contribution in [3.8, 4) is 0 Å². The van der Waals surface area contributed by atoms with Crippen LogP contribution in [0.25, 0.3) is 0 Å². The van der Waals surface area contributed by atoms with E-state index in [2.05, 4.69) is 4.90 Å². The molecular weight excluding hydrogens is 316 g/mol. The largest absolute Gasteiger partial charge is 0.396 e. The monoisotopic (exact) mass is 340 g/mol. The van der Waals surface area contributed by atoms with Crippen molar-refractivity contribution in [2.75, 3.05) is 52.5 Å². The van der Waals surface area contributed by atoms with Crippen LogP contribution < -0.4 is 0 Å². The molecule has 0 bridgehead atoms. The van der Waals surface area contributed by atoms with Crippen molar-refractivity contribution in [3.05, 3.63) is 30.3 Å². The summed E-state index contributed by atoms with van der Waals surface area (Å²) in [6.07, 6.45) is 0. The van der Waals surface area contributed by atoms with Gasteiger partial charge in [-0.1, -0.05) is 18.2 Å². The molecule has 1 N–H and O–H groups in total. The quantitative estimate of drug-likeness (QED) is 0.832. The van der Waals surface area contributed by atoms with Gasteiger partial charge in [-0.3, -0.25) is 4.90 Å². The van der Waals surface area contributed by atoms with Gasteiger partial charge in [-0.05, 0) is 18.1 Å². The Morgan fingerprint density at radius 3 is 2.39 bits per heavy atom. The molecule has 1 aromatic carbocycles. The molecule has 0 spiro atoms. The number of hydrogen-bond donors (Lipinski definition) is 1. The van der Waals surface area contributed by atoms with E-state index in [9.17, 15) is 13.5 Å². The van der Waals surface area contributed by atoms with Crippen LogP contribution in [-0.2, 0) is 14.8 Å². The van der Waals surface area contributed by atoms with Gasteiger partial charge in [0.2, 0.25) is 10.0 Å². The van der Waals surface area contributed by atoms with E-state index in [0.717, 1.165) is 32.8 Å². The maximum absolute atomic E-state index is 12.7. The minimum Gasteiger partial charge on any atom is -0.396 e. The summed E-state index contributed by atoms with van der Waals surface area (Å²) in [6, 6.07) is 8.52. The second-order valence-corrected chi connectivity index (χ2v) is 8.19. The molecule has 0 aliphatic carbocycles. The number of aliphatic hydroxyl groups excluding tert-OH is 1. The fraction of sp³-hybridized carbons (Fsp3) is 0.625. The summed E-state index contributed by atoms with van der Waals surface area (Å²) in [7, 11) is -3.48. The first-order chi connectivity index (χ1) is 11.1. The Hall–Kier alpha value is -0.990. The number of hydrogen-bond acceptors (Lipinski definition) is 5. The lowest BCUT2D eigenvalue weighted by Gasteiger charge is -2.30. The normalized spacial score (nSPS) is 27.3. The standard InChI is InChI=1S/C16H24N2O4S/c19-13-15-12-18(23(20,21)16-4-2-1-3-5-16)11-14(15)10-17-6-8-22-9-7-17/h1-5,14-15,19H,6-13H2/t14-,15-/m0/s1. The van der Waals surface area contributed by atoms with Crippen LogP contribution >= 0.6 is 0 Å². The summed E-state index contributed by atoms with van der Waals surface area (Å²) in [4.78, 5) is 2.62. The van der Waals surface area contributed by atoms with Crippen LogP contribution in [0.1, 0.15) is 0 Å². The van der Waals surface area contributed by atoms with E-state index >= 15 is 0 Å². The highest BCUT2D eigenvalue weighted by molar-refractivity contribution is 7.89. The molecule has 0 unspecified atom stereocenters. The van der Waals surface area contributed by atoms with E-state index in [1.165, 1.54) is 4.31 Å². The van der Waals surface area contributed by atoms with E-state index in [1.54, 1.807) is 30.3 Å². The maximum atomic E-state index is 12.7. The van der Waals surface area contributed by atoms with Crippen molar-refractivity contribution in [2.24, 2.45) is 11.8 Å². The molecule has 128 valence electrons. The van der Waals surface area contributed by atoms with Crippen molar-refractivity contribution in [3.63, 3.8) is 0 Å². The molecule has 2 fully saturated rings. The molecule has 2 heterocycles. The van der Waals surface area contributed by atoms with Gasteiger partial charge in [-0.25, -0.2) is 8.42 Å². The van der Waals surface area contributed by atoms with Crippen molar-refractivity contribution in [2.45, 2.75) is 4.90 Å². The molecule has 23 heavy (non-hydrogen) atoms. The lowest BCUT2D eigenvalue weighted by atomic mass is 9.96. The summed E-state index contributed by atoms with van der Waals surface area (Å²) < 4.78 is 32.4. The first-order valence-electron chi connectivity index (χ1n) is 8.07. The molecule has 2 aliphatic heterocycles. The highest BCUT2D eigenvalue weighted by Crippen LogP contribution is 2.29. The van der Waals surface area contributed by atoms with Gasteiger partial charge in [-0.2, -0.15) is 4.31 Å². The van der Waals surface area contributed by atoms with Gasteiger partial charge < -0.3 is 9.84 Å². The highest BCUT2D eigenvalue weighted by Gasteiger charge is 2.39. The summed E-state index contributed by atoms with van der Waals surface area (Å²) in [6.45, 7) is 4.90. The Labute approximate surface area is 137 Å². The molecule has 3 rings (SSSR count). The van der Waals surface area contributed by atoms with Gasteiger partial charge in [0.15, 0.2) is 0 Å². The van der Waals surface area contributed by atoms with E-state index < -0.39 is 10.0 Å². The van der Waals surface area contributed by atoms with Crippen LogP contribution in [0.5, 0.6) is 0 Å². The summed E-state index contributed by atoms with van der Waals surface area (Å²) in [5, 5.41) is 9.66. The number of aliphatic hydroxyl groups is 1. The van der Waals surface area contributed by atoms with E-state index in [4.69, 9.17) is 4.74 Å². The number of nitrogens with zero attached hydrogens (tertiary/aromatic N) is 2. The number of morpholine rings is 1. The molecule has 2 saturated heterocycles. The third-order valence-corrected chi connectivity index (χ3v) is 6.60. The van der Waals surface area contributed by atoms with Gasteiger partial charge in [0.05, 0.1) is 18.1 Å². The minimum absolute atomic E-state index is 0.00340. The zero-order valence-corrected chi connectivity index (χ0v) is 14.0. The predicted molar refractivity (Wildman–Crippen MR) is 86.5 cm³/mol. The van der Waals surface area contributed by atoms with Crippen LogP contribution in [0.15, 0.2) is 35.2 Å². The van der Waals surface area contributed by atoms with Gasteiger partial charge in [0.1, 0.15) is 0 Å². The minimum atomic E-state index is -3.48. The van der Waals surface area contributed by atoms with Crippen LogP contribution in [0.2, 0.25) is 0 Å². The Bertz CT molecular complexity index is 602. The molecule has 0 saturated carbocycles. The number of rotatable bonds is 5. The van der Waals surface area contributed by atoms with Crippen molar-refractivity contribution >= 4 is 10.0 Å². The third kappa shape index (κ3) is 3.75. The number of benzene rings is 1. The Balaban J connectivity index is 1.70. The second-order valence-electron chi connectivity index (χ2n) is 6.25. The van der Waals surface area contributed by atoms with Crippen molar-refractivity contribution in [1.82, 2.24) is 9.21 Å².